The molecular weight excluding hydrogens is 228 g/mol. The molecule has 1 aliphatic carbocycles. The molecule has 0 aromatic heterocycles. The minimum absolute atomic E-state index is 0.107. The maximum absolute atomic E-state index is 11.3. The molecule has 3 heteroatoms. The third kappa shape index (κ3) is 2.66. The number of rotatable bonds is 5. The minimum Gasteiger partial charge on any atom is -0.493 e. The second-order valence-corrected chi connectivity index (χ2v) is 4.87. The van der Waals surface area contributed by atoms with E-state index in [0.29, 0.717) is 6.61 Å². The summed E-state index contributed by atoms with van der Waals surface area (Å²) < 4.78 is 5.73. The summed E-state index contributed by atoms with van der Waals surface area (Å²) in [5.41, 5.74) is 1.07. The third-order valence-electron chi connectivity index (χ3n) is 3.61. The Morgan fingerprint density at radius 2 is 2.17 bits per heavy atom. The first-order chi connectivity index (χ1) is 8.74. The molecule has 0 bridgehead atoms. The van der Waals surface area contributed by atoms with Crippen molar-refractivity contribution in [1.29, 1.82) is 0 Å². The summed E-state index contributed by atoms with van der Waals surface area (Å²) in [4.78, 5) is 11.3. The Balaban J connectivity index is 2.23. The van der Waals surface area contributed by atoms with Gasteiger partial charge in [0.2, 0.25) is 0 Å². The first-order valence-corrected chi connectivity index (χ1v) is 6.68. The quantitative estimate of drug-likeness (QED) is 0.868. The van der Waals surface area contributed by atoms with Crippen molar-refractivity contribution >= 4 is 5.97 Å². The standard InChI is InChI=1S/C15H20O3/c1-2-10-18-14-9-4-3-6-12(14)11-7-5-8-13(11)15(16)17/h3-4,6,9,11,13H,2,5,7-8,10H2,1H3,(H,16,17). The van der Waals surface area contributed by atoms with Gasteiger partial charge in [-0.1, -0.05) is 31.5 Å². The summed E-state index contributed by atoms with van der Waals surface area (Å²) in [6.45, 7) is 2.75. The number of para-hydroxylation sites is 1. The van der Waals surface area contributed by atoms with E-state index in [9.17, 15) is 9.90 Å². The zero-order valence-corrected chi connectivity index (χ0v) is 10.8. The van der Waals surface area contributed by atoms with Crippen molar-refractivity contribution in [3.05, 3.63) is 29.8 Å². The molecule has 98 valence electrons. The van der Waals surface area contributed by atoms with Gasteiger partial charge in [0.1, 0.15) is 5.75 Å². The van der Waals surface area contributed by atoms with E-state index in [4.69, 9.17) is 4.74 Å². The van der Waals surface area contributed by atoms with Crippen molar-refractivity contribution in [1.82, 2.24) is 0 Å². The smallest absolute Gasteiger partial charge is 0.307 e. The number of carboxylic acids is 1. The van der Waals surface area contributed by atoms with Crippen LogP contribution in [-0.4, -0.2) is 17.7 Å². The molecule has 0 saturated heterocycles. The number of carboxylic acid groups (broad SMARTS) is 1. The number of hydrogen-bond acceptors (Lipinski definition) is 2. The summed E-state index contributed by atoms with van der Waals surface area (Å²) in [5.74, 6) is 0.0345. The zero-order valence-electron chi connectivity index (χ0n) is 10.8. The van der Waals surface area contributed by atoms with Crippen molar-refractivity contribution in [3.63, 3.8) is 0 Å². The molecule has 3 nitrogen and oxygen atoms in total. The van der Waals surface area contributed by atoms with Gasteiger partial charge >= 0.3 is 5.97 Å². The van der Waals surface area contributed by atoms with Gasteiger partial charge in [0, 0.05) is 5.92 Å². The van der Waals surface area contributed by atoms with Crippen LogP contribution in [0.25, 0.3) is 0 Å². The molecule has 1 aromatic rings. The topological polar surface area (TPSA) is 46.5 Å². The highest BCUT2D eigenvalue weighted by atomic mass is 16.5. The molecule has 0 spiro atoms. The molecule has 1 aliphatic rings. The molecule has 18 heavy (non-hydrogen) atoms. The summed E-state index contributed by atoms with van der Waals surface area (Å²) in [6.07, 6.45) is 3.68. The number of ether oxygens (including phenoxy) is 1. The maximum atomic E-state index is 11.3. The summed E-state index contributed by atoms with van der Waals surface area (Å²) in [5, 5.41) is 9.27. The van der Waals surface area contributed by atoms with Gasteiger partial charge < -0.3 is 9.84 Å². The number of benzene rings is 1. The molecule has 2 unspecified atom stereocenters. The fraction of sp³-hybridized carbons (Fsp3) is 0.533. The Hall–Kier alpha value is -1.51. The van der Waals surface area contributed by atoms with E-state index in [0.717, 1.165) is 37.0 Å². The molecule has 0 heterocycles. The molecule has 0 radical (unpaired) electrons. The van der Waals surface area contributed by atoms with Gasteiger partial charge in [-0.3, -0.25) is 4.79 Å². The molecule has 1 aromatic carbocycles. The van der Waals surface area contributed by atoms with E-state index in [2.05, 4.69) is 6.92 Å². The second-order valence-electron chi connectivity index (χ2n) is 4.87. The summed E-state index contributed by atoms with van der Waals surface area (Å²) >= 11 is 0. The average molecular weight is 248 g/mol. The largest absolute Gasteiger partial charge is 0.493 e. The van der Waals surface area contributed by atoms with E-state index in [1.807, 2.05) is 24.3 Å². The molecular formula is C15H20O3. The molecule has 1 N–H and O–H groups in total. The van der Waals surface area contributed by atoms with E-state index >= 15 is 0 Å². The SMILES string of the molecule is CCCOc1ccccc1C1CCCC1C(=O)O. The fourth-order valence-corrected chi connectivity index (χ4v) is 2.76. The Bertz CT molecular complexity index is 414. The summed E-state index contributed by atoms with van der Waals surface area (Å²) in [6, 6.07) is 7.86. The van der Waals surface area contributed by atoms with Crippen LogP contribution in [0.15, 0.2) is 24.3 Å². The first-order valence-electron chi connectivity index (χ1n) is 6.68. The third-order valence-corrected chi connectivity index (χ3v) is 3.61. The molecule has 1 saturated carbocycles. The lowest BCUT2D eigenvalue weighted by Gasteiger charge is -2.19. The van der Waals surface area contributed by atoms with Crippen molar-refractivity contribution < 1.29 is 14.6 Å². The van der Waals surface area contributed by atoms with Crippen LogP contribution in [0.4, 0.5) is 0 Å². The van der Waals surface area contributed by atoms with Gasteiger partial charge in [-0.2, -0.15) is 0 Å². The number of hydrogen-bond donors (Lipinski definition) is 1. The van der Waals surface area contributed by atoms with Crippen LogP contribution >= 0.6 is 0 Å². The highest BCUT2D eigenvalue weighted by Crippen LogP contribution is 2.43. The van der Waals surface area contributed by atoms with Gasteiger partial charge in [-0.05, 0) is 30.9 Å². The predicted octanol–water partition coefficient (Wildman–Crippen LogP) is 3.44. The van der Waals surface area contributed by atoms with Gasteiger partial charge in [-0.15, -0.1) is 0 Å². The Kier molecular flexibility index (Phi) is 4.24. The lowest BCUT2D eigenvalue weighted by Crippen LogP contribution is -2.17. The predicted molar refractivity (Wildman–Crippen MR) is 69.9 cm³/mol. The number of aliphatic carboxylic acids is 1. The second kappa shape index (κ2) is 5.89. The van der Waals surface area contributed by atoms with Gasteiger partial charge in [-0.25, -0.2) is 0 Å². The molecule has 2 atom stereocenters. The lowest BCUT2D eigenvalue weighted by atomic mass is 9.88. The molecule has 2 rings (SSSR count). The van der Waals surface area contributed by atoms with Gasteiger partial charge in [0.15, 0.2) is 0 Å². The van der Waals surface area contributed by atoms with E-state index < -0.39 is 5.97 Å². The summed E-state index contributed by atoms with van der Waals surface area (Å²) in [7, 11) is 0. The zero-order chi connectivity index (χ0) is 13.0. The first kappa shape index (κ1) is 12.9. The monoisotopic (exact) mass is 248 g/mol. The van der Waals surface area contributed by atoms with Crippen LogP contribution in [-0.2, 0) is 4.79 Å². The normalized spacial score (nSPS) is 22.9. The van der Waals surface area contributed by atoms with Crippen LogP contribution in [0.2, 0.25) is 0 Å². The van der Waals surface area contributed by atoms with Crippen LogP contribution in [0.3, 0.4) is 0 Å². The Labute approximate surface area is 108 Å². The minimum atomic E-state index is -0.678. The van der Waals surface area contributed by atoms with Gasteiger partial charge in [0.25, 0.3) is 0 Å². The van der Waals surface area contributed by atoms with E-state index in [-0.39, 0.29) is 11.8 Å². The molecule has 0 aliphatic heterocycles. The van der Waals surface area contributed by atoms with E-state index in [1.165, 1.54) is 0 Å². The highest BCUT2D eigenvalue weighted by molar-refractivity contribution is 5.72. The Morgan fingerprint density at radius 1 is 1.39 bits per heavy atom. The Morgan fingerprint density at radius 3 is 2.89 bits per heavy atom. The lowest BCUT2D eigenvalue weighted by molar-refractivity contribution is -0.142. The van der Waals surface area contributed by atoms with Crippen molar-refractivity contribution in [2.75, 3.05) is 6.61 Å². The van der Waals surface area contributed by atoms with Crippen molar-refractivity contribution in [3.8, 4) is 5.75 Å². The van der Waals surface area contributed by atoms with Crippen LogP contribution in [0, 0.1) is 5.92 Å². The molecule has 0 amide bonds. The van der Waals surface area contributed by atoms with E-state index in [1.54, 1.807) is 0 Å². The number of carbonyl (C=O) groups is 1. The van der Waals surface area contributed by atoms with Crippen molar-refractivity contribution in [2.24, 2.45) is 5.92 Å². The van der Waals surface area contributed by atoms with Gasteiger partial charge in [0.05, 0.1) is 12.5 Å². The van der Waals surface area contributed by atoms with Crippen molar-refractivity contribution in [2.45, 2.75) is 38.5 Å². The fourth-order valence-electron chi connectivity index (χ4n) is 2.76. The molecule has 1 fully saturated rings. The van der Waals surface area contributed by atoms with Crippen LogP contribution in [0.5, 0.6) is 5.75 Å². The highest BCUT2D eigenvalue weighted by Gasteiger charge is 2.35. The maximum Gasteiger partial charge on any atom is 0.307 e. The van der Waals surface area contributed by atoms with Crippen LogP contribution < -0.4 is 4.74 Å². The van der Waals surface area contributed by atoms with Crippen LogP contribution in [0.1, 0.15) is 44.1 Å². The average Bonchev–Trinajstić information content (AvgIpc) is 2.86.